The second-order valence-electron chi connectivity index (χ2n) is 8.54. The van der Waals surface area contributed by atoms with Crippen LogP contribution in [0, 0.1) is 5.92 Å². The maximum atomic E-state index is 12.7. The van der Waals surface area contributed by atoms with Gasteiger partial charge in [0.05, 0.1) is 5.75 Å². The third-order valence-corrected chi connectivity index (χ3v) is 6.54. The zero-order valence-corrected chi connectivity index (χ0v) is 18.8. The Bertz CT molecular complexity index is 855. The average molecular weight is 429 g/mol. The maximum Gasteiger partial charge on any atom is 0.217 e. The molecule has 1 aromatic heterocycles. The number of amides is 1. The van der Waals surface area contributed by atoms with Crippen LogP contribution in [-0.4, -0.2) is 32.2 Å². The number of hydrogen-bond donors (Lipinski definition) is 1. The molecule has 6 nitrogen and oxygen atoms in total. The van der Waals surface area contributed by atoms with Crippen LogP contribution in [0.1, 0.15) is 80.0 Å². The van der Waals surface area contributed by atoms with Crippen molar-refractivity contribution in [2.45, 2.75) is 76.4 Å². The van der Waals surface area contributed by atoms with Crippen LogP contribution in [0.15, 0.2) is 29.4 Å². The minimum absolute atomic E-state index is 0.0907. The predicted octanol–water partition coefficient (Wildman–Crippen LogP) is 4.37. The molecule has 3 rings (SSSR count). The zero-order chi connectivity index (χ0) is 21.5. The predicted molar refractivity (Wildman–Crippen MR) is 120 cm³/mol. The molecule has 0 bridgehead atoms. The van der Waals surface area contributed by atoms with Gasteiger partial charge in [-0.2, -0.15) is 0 Å². The van der Waals surface area contributed by atoms with E-state index >= 15 is 0 Å². The van der Waals surface area contributed by atoms with Crippen molar-refractivity contribution in [3.8, 4) is 0 Å². The van der Waals surface area contributed by atoms with Gasteiger partial charge >= 0.3 is 0 Å². The lowest BCUT2D eigenvalue weighted by molar-refractivity contribution is -0.118. The summed E-state index contributed by atoms with van der Waals surface area (Å²) in [7, 11) is 0. The molecule has 0 atom stereocenters. The molecule has 2 aromatic rings. The molecule has 2 N–H and O–H groups in total. The molecule has 1 aliphatic carbocycles. The van der Waals surface area contributed by atoms with Crippen LogP contribution >= 0.6 is 11.8 Å². The summed E-state index contributed by atoms with van der Waals surface area (Å²) in [6.07, 6.45) is 7.18. The van der Waals surface area contributed by atoms with Crippen molar-refractivity contribution in [2.75, 3.05) is 5.75 Å². The molecule has 0 unspecified atom stereocenters. The molecule has 0 saturated heterocycles. The van der Waals surface area contributed by atoms with E-state index in [0.717, 1.165) is 23.1 Å². The average Bonchev–Trinajstić information content (AvgIpc) is 3.12. The van der Waals surface area contributed by atoms with Gasteiger partial charge in [-0.3, -0.25) is 9.59 Å². The molecule has 1 aromatic carbocycles. The van der Waals surface area contributed by atoms with Gasteiger partial charge in [-0.25, -0.2) is 0 Å². The van der Waals surface area contributed by atoms with Gasteiger partial charge < -0.3 is 10.3 Å². The summed E-state index contributed by atoms with van der Waals surface area (Å²) in [5, 5.41) is 9.21. The van der Waals surface area contributed by atoms with Gasteiger partial charge in [-0.15, -0.1) is 10.2 Å². The Hall–Kier alpha value is -2.15. The number of rotatable bonds is 10. The first-order chi connectivity index (χ1) is 14.4. The van der Waals surface area contributed by atoms with Gasteiger partial charge in [0, 0.05) is 24.9 Å². The molecule has 0 aliphatic heterocycles. The highest BCUT2D eigenvalue weighted by Crippen LogP contribution is 2.32. The number of ketones is 1. The molecule has 1 saturated carbocycles. The Balaban J connectivity index is 1.62. The molecular weight excluding hydrogens is 396 g/mol. The fraction of sp³-hybridized carbons (Fsp3) is 0.565. The first-order valence-corrected chi connectivity index (χ1v) is 11.9. The Morgan fingerprint density at radius 1 is 1.13 bits per heavy atom. The summed E-state index contributed by atoms with van der Waals surface area (Å²) < 4.78 is 2.01. The van der Waals surface area contributed by atoms with E-state index in [4.69, 9.17) is 5.73 Å². The van der Waals surface area contributed by atoms with Crippen LogP contribution in [0.3, 0.4) is 0 Å². The van der Waals surface area contributed by atoms with E-state index < -0.39 is 0 Å². The SMILES string of the molecule is CC(C)Cn1c(CCC(N)=O)nnc1SCC(=O)c1ccc(C2CCCCC2)cc1. The van der Waals surface area contributed by atoms with Crippen molar-refractivity contribution >= 4 is 23.5 Å². The number of aryl methyl sites for hydroxylation is 1. The van der Waals surface area contributed by atoms with Gasteiger partial charge in [0.1, 0.15) is 5.82 Å². The van der Waals surface area contributed by atoms with Crippen LogP contribution in [0.25, 0.3) is 0 Å². The highest BCUT2D eigenvalue weighted by Gasteiger charge is 2.18. The van der Waals surface area contributed by atoms with E-state index in [1.807, 2.05) is 16.7 Å². The highest BCUT2D eigenvalue weighted by molar-refractivity contribution is 7.99. The molecule has 1 fully saturated rings. The molecule has 0 spiro atoms. The zero-order valence-electron chi connectivity index (χ0n) is 18.0. The van der Waals surface area contributed by atoms with Crippen LogP contribution < -0.4 is 5.73 Å². The molecule has 162 valence electrons. The minimum atomic E-state index is -0.352. The second kappa shape index (κ2) is 10.8. The van der Waals surface area contributed by atoms with Gasteiger partial charge in [0.25, 0.3) is 0 Å². The lowest BCUT2D eigenvalue weighted by atomic mass is 9.84. The van der Waals surface area contributed by atoms with Crippen LogP contribution in [0.2, 0.25) is 0 Å². The number of thioether (sulfide) groups is 1. The van der Waals surface area contributed by atoms with Gasteiger partial charge in [0.2, 0.25) is 5.91 Å². The van der Waals surface area contributed by atoms with Gasteiger partial charge in [-0.1, -0.05) is 69.1 Å². The van der Waals surface area contributed by atoms with Crippen LogP contribution in [0.4, 0.5) is 0 Å². The normalized spacial score (nSPS) is 14.9. The third kappa shape index (κ3) is 6.17. The monoisotopic (exact) mass is 428 g/mol. The third-order valence-electron chi connectivity index (χ3n) is 5.58. The molecule has 1 aliphatic rings. The molecule has 7 heteroatoms. The lowest BCUT2D eigenvalue weighted by Crippen LogP contribution is -2.15. The quantitative estimate of drug-likeness (QED) is 0.448. The number of nitrogens with zero attached hydrogens (tertiary/aromatic N) is 3. The smallest absolute Gasteiger partial charge is 0.217 e. The number of nitrogens with two attached hydrogens (primary N) is 1. The topological polar surface area (TPSA) is 90.9 Å². The number of carbonyl (C=O) groups is 2. The number of benzene rings is 1. The molecule has 1 amide bonds. The van der Waals surface area contributed by atoms with Gasteiger partial charge in [0.15, 0.2) is 10.9 Å². The molecule has 1 heterocycles. The van der Waals surface area contributed by atoms with Crippen molar-refractivity contribution in [3.05, 3.63) is 41.2 Å². The fourth-order valence-electron chi connectivity index (χ4n) is 3.98. The van der Waals surface area contributed by atoms with E-state index in [1.54, 1.807) is 0 Å². The van der Waals surface area contributed by atoms with E-state index in [-0.39, 0.29) is 18.1 Å². The number of hydrogen-bond acceptors (Lipinski definition) is 5. The van der Waals surface area contributed by atoms with Crippen molar-refractivity contribution in [1.82, 2.24) is 14.8 Å². The minimum Gasteiger partial charge on any atom is -0.370 e. The highest BCUT2D eigenvalue weighted by atomic mass is 32.2. The summed E-state index contributed by atoms with van der Waals surface area (Å²) in [5.41, 5.74) is 7.37. The van der Waals surface area contributed by atoms with E-state index in [1.165, 1.54) is 49.4 Å². The number of Topliss-reactive ketones (excluding diaryl/α,β-unsaturated/α-hetero) is 1. The molecular formula is C23H32N4O2S. The first kappa shape index (κ1) is 22.5. The van der Waals surface area contributed by atoms with Crippen LogP contribution in [0.5, 0.6) is 0 Å². The van der Waals surface area contributed by atoms with Crippen molar-refractivity contribution in [1.29, 1.82) is 0 Å². The Morgan fingerprint density at radius 2 is 1.83 bits per heavy atom. The van der Waals surface area contributed by atoms with E-state index in [9.17, 15) is 9.59 Å². The summed E-state index contributed by atoms with van der Waals surface area (Å²) in [6, 6.07) is 8.17. The maximum absolute atomic E-state index is 12.7. The van der Waals surface area contributed by atoms with Crippen molar-refractivity contribution < 1.29 is 9.59 Å². The van der Waals surface area contributed by atoms with E-state index in [0.29, 0.717) is 24.0 Å². The van der Waals surface area contributed by atoms with Gasteiger partial charge in [-0.05, 0) is 30.2 Å². The largest absolute Gasteiger partial charge is 0.370 e. The summed E-state index contributed by atoms with van der Waals surface area (Å²) >= 11 is 1.40. The first-order valence-electron chi connectivity index (χ1n) is 10.9. The number of carbonyl (C=O) groups excluding carboxylic acids is 2. The number of primary amides is 1. The summed E-state index contributed by atoms with van der Waals surface area (Å²) in [4.78, 5) is 23.8. The fourth-order valence-corrected chi connectivity index (χ4v) is 4.85. The van der Waals surface area contributed by atoms with Crippen molar-refractivity contribution in [2.24, 2.45) is 11.7 Å². The second-order valence-corrected chi connectivity index (χ2v) is 9.48. The van der Waals surface area contributed by atoms with Crippen LogP contribution in [-0.2, 0) is 17.8 Å². The Kier molecular flexibility index (Phi) is 8.08. The lowest BCUT2D eigenvalue weighted by Gasteiger charge is -2.22. The van der Waals surface area contributed by atoms with E-state index in [2.05, 4.69) is 36.2 Å². The molecule has 0 radical (unpaired) electrons. The van der Waals surface area contributed by atoms with Crippen molar-refractivity contribution in [3.63, 3.8) is 0 Å². The Labute approximate surface area is 183 Å². The molecule has 30 heavy (non-hydrogen) atoms. The summed E-state index contributed by atoms with van der Waals surface area (Å²) in [6.45, 7) is 4.98. The summed E-state index contributed by atoms with van der Waals surface area (Å²) in [5.74, 6) is 1.84. The Morgan fingerprint density at radius 3 is 2.47 bits per heavy atom. The standard InChI is InChI=1S/C23H32N4O2S/c1-16(2)14-27-22(13-12-21(24)29)25-26-23(27)30-15-20(28)19-10-8-18(9-11-19)17-6-4-3-5-7-17/h8-11,16-17H,3-7,12-15H2,1-2H3,(H2,24,29). The number of aromatic nitrogens is 3.